The van der Waals surface area contributed by atoms with E-state index in [4.69, 9.17) is 21.6 Å². The fourth-order valence-corrected chi connectivity index (χ4v) is 3.15. The molecule has 3 rings (SSSR count). The van der Waals surface area contributed by atoms with Crippen molar-refractivity contribution < 1.29 is 14.3 Å². The zero-order valence-electron chi connectivity index (χ0n) is 14.0. The Morgan fingerprint density at radius 2 is 1.88 bits per heavy atom. The van der Waals surface area contributed by atoms with Crippen LogP contribution < -0.4 is 10.1 Å². The van der Waals surface area contributed by atoms with Gasteiger partial charge in [-0.25, -0.2) is 4.79 Å². The minimum atomic E-state index is -1.20. The number of nitrogens with one attached hydrogen (secondary N) is 1. The van der Waals surface area contributed by atoms with Crippen molar-refractivity contribution in [1.82, 2.24) is 10.2 Å². The Morgan fingerprint density at radius 3 is 2.54 bits per heavy atom. The van der Waals surface area contributed by atoms with Crippen LogP contribution in [-0.2, 0) is 10.3 Å². The number of hydrogen-bond donors (Lipinski definition) is 1. The van der Waals surface area contributed by atoms with Gasteiger partial charge in [-0.2, -0.15) is 5.26 Å². The summed E-state index contributed by atoms with van der Waals surface area (Å²) in [6.45, 7) is 1.88. The van der Waals surface area contributed by atoms with Crippen molar-refractivity contribution in [3.63, 3.8) is 0 Å². The minimum absolute atomic E-state index is 0.102. The summed E-state index contributed by atoms with van der Waals surface area (Å²) in [4.78, 5) is 26.2. The second-order valence-electron chi connectivity index (χ2n) is 5.98. The summed E-state index contributed by atoms with van der Waals surface area (Å²) in [7, 11) is 0. The number of nitrogens with zero attached hydrogens (tertiary/aromatic N) is 2. The van der Waals surface area contributed by atoms with E-state index in [0.29, 0.717) is 21.9 Å². The van der Waals surface area contributed by atoms with Gasteiger partial charge in [0.15, 0.2) is 0 Å². The number of hydrogen-bond acceptors (Lipinski definition) is 4. The van der Waals surface area contributed by atoms with Crippen LogP contribution in [0, 0.1) is 11.3 Å². The molecule has 1 saturated heterocycles. The Morgan fingerprint density at radius 1 is 1.19 bits per heavy atom. The molecule has 7 heteroatoms. The lowest BCUT2D eigenvalue weighted by molar-refractivity contribution is -0.131. The number of rotatable bonds is 5. The SMILES string of the molecule is C[C@@]1(c2ccccc2Cl)NC(=O)N(CCOc2ccc(C#N)cc2)C1=O. The maximum Gasteiger partial charge on any atom is 0.325 e. The van der Waals surface area contributed by atoms with Crippen molar-refractivity contribution in [3.8, 4) is 11.8 Å². The van der Waals surface area contributed by atoms with Crippen LogP contribution in [0.2, 0.25) is 5.02 Å². The van der Waals surface area contributed by atoms with Gasteiger partial charge in [-0.15, -0.1) is 0 Å². The largest absolute Gasteiger partial charge is 0.492 e. The highest BCUT2D eigenvalue weighted by molar-refractivity contribution is 6.32. The Labute approximate surface area is 155 Å². The standard InChI is InChI=1S/C19H16ClN3O3/c1-19(15-4-2-3-5-16(15)20)17(24)23(18(25)22-19)10-11-26-14-8-6-13(12-21)7-9-14/h2-9H,10-11H2,1H3,(H,22,25)/t19-/m0/s1. The number of imide groups is 1. The Kier molecular flexibility index (Phi) is 4.83. The predicted octanol–water partition coefficient (Wildman–Crippen LogP) is 3.06. The van der Waals surface area contributed by atoms with E-state index in [1.54, 1.807) is 55.5 Å². The highest BCUT2D eigenvalue weighted by atomic mass is 35.5. The summed E-state index contributed by atoms with van der Waals surface area (Å²) < 4.78 is 5.55. The van der Waals surface area contributed by atoms with Crippen molar-refractivity contribution in [1.29, 1.82) is 5.26 Å². The van der Waals surface area contributed by atoms with Gasteiger partial charge in [0.2, 0.25) is 0 Å². The van der Waals surface area contributed by atoms with Gasteiger partial charge in [-0.3, -0.25) is 9.69 Å². The fraction of sp³-hybridized carbons (Fsp3) is 0.211. The molecule has 2 aromatic rings. The van der Waals surface area contributed by atoms with Crippen molar-refractivity contribution in [2.45, 2.75) is 12.5 Å². The van der Waals surface area contributed by atoms with Crippen LogP contribution >= 0.6 is 11.6 Å². The first kappa shape index (κ1) is 17.8. The summed E-state index contributed by atoms with van der Waals surface area (Å²) in [6.07, 6.45) is 0. The molecule has 1 aliphatic heterocycles. The maximum absolute atomic E-state index is 12.8. The average Bonchev–Trinajstić information content (AvgIpc) is 2.86. The molecule has 3 amide bonds. The van der Waals surface area contributed by atoms with Crippen molar-refractivity contribution in [2.75, 3.05) is 13.2 Å². The molecule has 0 aromatic heterocycles. The van der Waals surface area contributed by atoms with Crippen LogP contribution in [0.3, 0.4) is 0 Å². The average molecular weight is 370 g/mol. The van der Waals surface area contributed by atoms with Crippen LogP contribution in [0.4, 0.5) is 4.79 Å². The first-order chi connectivity index (χ1) is 12.5. The summed E-state index contributed by atoms with van der Waals surface area (Å²) in [5.41, 5.74) is -0.123. The van der Waals surface area contributed by atoms with E-state index in [9.17, 15) is 9.59 Å². The Balaban J connectivity index is 1.67. The molecule has 0 bridgehead atoms. The summed E-state index contributed by atoms with van der Waals surface area (Å²) in [5.74, 6) is 0.184. The van der Waals surface area contributed by atoms with Crippen LogP contribution in [0.15, 0.2) is 48.5 Å². The smallest absolute Gasteiger partial charge is 0.325 e. The van der Waals surface area contributed by atoms with Crippen LogP contribution in [-0.4, -0.2) is 30.0 Å². The molecule has 1 atom stereocenters. The van der Waals surface area contributed by atoms with Crippen LogP contribution in [0.1, 0.15) is 18.1 Å². The normalized spacial score (nSPS) is 19.2. The van der Waals surface area contributed by atoms with E-state index in [-0.39, 0.29) is 19.1 Å². The van der Waals surface area contributed by atoms with Crippen molar-refractivity contribution in [2.24, 2.45) is 0 Å². The molecule has 0 spiro atoms. The van der Waals surface area contributed by atoms with E-state index in [2.05, 4.69) is 5.32 Å². The number of nitriles is 1. The summed E-state index contributed by atoms with van der Waals surface area (Å²) >= 11 is 6.19. The third-order valence-corrected chi connectivity index (χ3v) is 4.58. The van der Waals surface area contributed by atoms with Crippen LogP contribution in [0.5, 0.6) is 5.75 Å². The monoisotopic (exact) mass is 369 g/mol. The van der Waals surface area contributed by atoms with E-state index in [1.165, 1.54) is 0 Å². The lowest BCUT2D eigenvalue weighted by Crippen LogP contribution is -2.41. The molecular formula is C19H16ClN3O3. The second-order valence-corrected chi connectivity index (χ2v) is 6.38. The number of benzene rings is 2. The van der Waals surface area contributed by atoms with E-state index < -0.39 is 11.6 Å². The second kappa shape index (κ2) is 7.06. The molecule has 0 saturated carbocycles. The molecule has 0 unspecified atom stereocenters. The zero-order valence-corrected chi connectivity index (χ0v) is 14.8. The third kappa shape index (κ3) is 3.22. The number of amides is 3. The maximum atomic E-state index is 12.8. The molecule has 132 valence electrons. The number of carbonyl (C=O) groups excluding carboxylic acids is 2. The molecule has 1 heterocycles. The molecule has 0 radical (unpaired) electrons. The lowest BCUT2D eigenvalue weighted by atomic mass is 9.92. The van der Waals surface area contributed by atoms with Gasteiger partial charge in [0.05, 0.1) is 18.2 Å². The Hall–Kier alpha value is -3.04. The molecule has 2 aromatic carbocycles. The van der Waals surface area contributed by atoms with E-state index >= 15 is 0 Å². The van der Waals surface area contributed by atoms with Crippen molar-refractivity contribution >= 4 is 23.5 Å². The number of urea groups is 1. The predicted molar refractivity (Wildman–Crippen MR) is 95.7 cm³/mol. The third-order valence-electron chi connectivity index (χ3n) is 4.25. The van der Waals surface area contributed by atoms with Crippen molar-refractivity contribution in [3.05, 3.63) is 64.7 Å². The quantitative estimate of drug-likeness (QED) is 0.821. The van der Waals surface area contributed by atoms with Crippen LogP contribution in [0.25, 0.3) is 0 Å². The molecule has 1 N–H and O–H groups in total. The highest BCUT2D eigenvalue weighted by Gasteiger charge is 2.49. The van der Waals surface area contributed by atoms with Gasteiger partial charge in [0, 0.05) is 10.6 Å². The highest BCUT2D eigenvalue weighted by Crippen LogP contribution is 2.33. The number of carbonyl (C=O) groups is 2. The first-order valence-electron chi connectivity index (χ1n) is 7.98. The van der Waals surface area contributed by atoms with Gasteiger partial charge in [0.1, 0.15) is 17.9 Å². The zero-order chi connectivity index (χ0) is 18.7. The Bertz CT molecular complexity index is 892. The van der Waals surface area contributed by atoms with Gasteiger partial charge in [0.25, 0.3) is 5.91 Å². The molecule has 1 aliphatic rings. The fourth-order valence-electron chi connectivity index (χ4n) is 2.83. The lowest BCUT2D eigenvalue weighted by Gasteiger charge is -2.23. The molecule has 0 aliphatic carbocycles. The van der Waals surface area contributed by atoms with E-state index in [0.717, 1.165) is 4.90 Å². The molecule has 1 fully saturated rings. The topological polar surface area (TPSA) is 82.4 Å². The molecular weight excluding hydrogens is 354 g/mol. The van der Waals surface area contributed by atoms with E-state index in [1.807, 2.05) is 6.07 Å². The number of ether oxygens (including phenoxy) is 1. The van der Waals surface area contributed by atoms with Gasteiger partial charge >= 0.3 is 6.03 Å². The molecule has 6 nitrogen and oxygen atoms in total. The summed E-state index contributed by atoms with van der Waals surface area (Å²) in [6, 6.07) is 15.1. The minimum Gasteiger partial charge on any atom is -0.492 e. The van der Waals surface area contributed by atoms with Gasteiger partial charge in [-0.1, -0.05) is 29.8 Å². The first-order valence-corrected chi connectivity index (χ1v) is 8.35. The van der Waals surface area contributed by atoms with Gasteiger partial charge in [-0.05, 0) is 37.3 Å². The molecule has 26 heavy (non-hydrogen) atoms. The number of halogens is 1. The summed E-state index contributed by atoms with van der Waals surface area (Å²) in [5, 5.41) is 11.9. The van der Waals surface area contributed by atoms with Gasteiger partial charge < -0.3 is 10.1 Å².